The summed E-state index contributed by atoms with van der Waals surface area (Å²) in [6.45, 7) is 11.1. The lowest BCUT2D eigenvalue weighted by Gasteiger charge is -2.38. The molecule has 2 fully saturated rings. The minimum Gasteiger partial charge on any atom is -0.355 e. The molecule has 1 amide bonds. The Hall–Kier alpha value is -2.93. The van der Waals surface area contributed by atoms with Crippen molar-refractivity contribution in [2.24, 2.45) is 0 Å². The summed E-state index contributed by atoms with van der Waals surface area (Å²) >= 11 is 6.93. The third-order valence-electron chi connectivity index (χ3n) is 7.97. The van der Waals surface area contributed by atoms with Gasteiger partial charge in [0.15, 0.2) is 0 Å². The second-order valence-corrected chi connectivity index (χ2v) is 12.4. The van der Waals surface area contributed by atoms with Gasteiger partial charge in [0.05, 0.1) is 4.91 Å². The van der Waals surface area contributed by atoms with Crippen LogP contribution in [0.5, 0.6) is 0 Å². The number of rotatable bonds is 12. The summed E-state index contributed by atoms with van der Waals surface area (Å²) in [6.07, 6.45) is 8.75. The van der Waals surface area contributed by atoms with E-state index in [4.69, 9.17) is 12.2 Å². The molecule has 2 aliphatic rings. The molecule has 7 nitrogen and oxygen atoms in total. The fraction of sp³-hybridized carbons (Fsp3) is 0.500. The van der Waals surface area contributed by atoms with Gasteiger partial charge in [0.25, 0.3) is 11.5 Å². The van der Waals surface area contributed by atoms with Gasteiger partial charge >= 0.3 is 0 Å². The van der Waals surface area contributed by atoms with Crippen LogP contribution < -0.4 is 10.5 Å². The topological polar surface area (TPSA) is 72.6 Å². The number of anilines is 1. The van der Waals surface area contributed by atoms with Crippen molar-refractivity contribution < 1.29 is 4.79 Å². The van der Waals surface area contributed by atoms with Gasteiger partial charge < -0.3 is 4.90 Å². The first kappa shape index (κ1) is 31.0. The van der Waals surface area contributed by atoms with E-state index in [0.29, 0.717) is 27.9 Å². The van der Waals surface area contributed by atoms with Gasteiger partial charge in [-0.3, -0.25) is 24.0 Å². The van der Waals surface area contributed by atoms with Crippen molar-refractivity contribution in [3.05, 3.63) is 67.8 Å². The smallest absolute Gasteiger partial charge is 0.270 e. The molecule has 9 heteroatoms. The minimum atomic E-state index is -0.276. The number of carbonyl (C=O) groups is 1. The first-order valence-corrected chi connectivity index (χ1v) is 16.1. The number of thiocarbonyl (C=S) groups is 1. The maximum atomic E-state index is 13.5. The molecule has 0 atom stereocenters. The summed E-state index contributed by atoms with van der Waals surface area (Å²) in [4.78, 5) is 33.8. The van der Waals surface area contributed by atoms with Crippen molar-refractivity contribution in [2.75, 3.05) is 37.6 Å². The number of hydrogen-bond acceptors (Lipinski definition) is 7. The van der Waals surface area contributed by atoms with E-state index < -0.39 is 0 Å². The van der Waals surface area contributed by atoms with Crippen LogP contribution in [0.25, 0.3) is 6.08 Å². The third kappa shape index (κ3) is 7.29. The number of thioether (sulfide) groups is 1. The molecule has 2 saturated heterocycles. The summed E-state index contributed by atoms with van der Waals surface area (Å²) < 4.78 is 2.27. The van der Waals surface area contributed by atoms with E-state index in [2.05, 4.69) is 47.1 Å². The number of nitrogens with zero attached hydrogens (tertiary/aromatic N) is 5. The zero-order valence-corrected chi connectivity index (χ0v) is 26.2. The van der Waals surface area contributed by atoms with E-state index in [0.717, 1.165) is 56.9 Å². The highest BCUT2D eigenvalue weighted by atomic mass is 32.2. The zero-order valence-electron chi connectivity index (χ0n) is 24.5. The van der Waals surface area contributed by atoms with Crippen molar-refractivity contribution >= 4 is 46.1 Å². The van der Waals surface area contributed by atoms with Crippen LogP contribution >= 0.6 is 24.0 Å². The van der Waals surface area contributed by atoms with Crippen molar-refractivity contribution in [3.8, 4) is 6.07 Å². The Morgan fingerprint density at radius 3 is 2.34 bits per heavy atom. The lowest BCUT2D eigenvalue weighted by molar-refractivity contribution is -0.122. The minimum absolute atomic E-state index is 0.0839. The van der Waals surface area contributed by atoms with Crippen LogP contribution in [0.4, 0.5) is 5.82 Å². The summed E-state index contributed by atoms with van der Waals surface area (Å²) in [5.74, 6) is 0.703. The van der Waals surface area contributed by atoms with E-state index >= 15 is 0 Å². The Morgan fingerprint density at radius 1 is 1.00 bits per heavy atom. The number of amides is 1. The molecule has 1 aromatic carbocycles. The lowest BCUT2D eigenvalue weighted by Crippen LogP contribution is -2.48. The van der Waals surface area contributed by atoms with Crippen molar-refractivity contribution in [3.63, 3.8) is 0 Å². The predicted molar refractivity (Wildman–Crippen MR) is 173 cm³/mol. The number of benzene rings is 1. The molecule has 1 aromatic heterocycles. The largest absolute Gasteiger partial charge is 0.355 e. The van der Waals surface area contributed by atoms with Crippen LogP contribution in [0.2, 0.25) is 0 Å². The van der Waals surface area contributed by atoms with E-state index in [1.807, 2.05) is 26.0 Å². The number of unbranched alkanes of at least 4 members (excludes halogenated alkanes) is 5. The molecule has 4 rings (SSSR count). The monoisotopic (exact) mass is 591 g/mol. The van der Waals surface area contributed by atoms with E-state index in [9.17, 15) is 14.9 Å². The molecule has 2 aromatic rings. The Morgan fingerprint density at radius 2 is 1.68 bits per heavy atom. The molecule has 0 radical (unpaired) electrons. The number of carbonyl (C=O) groups excluding carboxylic acids is 1. The molecule has 0 saturated carbocycles. The molecule has 0 spiro atoms. The molecule has 0 bridgehead atoms. The maximum Gasteiger partial charge on any atom is 0.270 e. The normalized spacial score (nSPS) is 17.1. The summed E-state index contributed by atoms with van der Waals surface area (Å²) in [6, 6.07) is 12.6. The van der Waals surface area contributed by atoms with Crippen LogP contribution in [-0.2, 0) is 17.9 Å². The molecule has 0 aliphatic carbocycles. The van der Waals surface area contributed by atoms with Gasteiger partial charge in [-0.2, -0.15) is 5.26 Å². The van der Waals surface area contributed by atoms with E-state index in [1.54, 1.807) is 9.47 Å². The quantitative estimate of drug-likeness (QED) is 0.172. The standard InChI is InChI=1S/C32H41N5O2S2/c1-4-6-7-8-9-13-16-37-31(39)28(41-32(37)40)21-26-24(3)27(22-33)30(38)36(5-2)29(26)35-19-17-34(18-20-35)23-25-14-11-10-12-15-25/h10-12,14-15,21H,4-9,13,16-20,23H2,1-3H3. The van der Waals surface area contributed by atoms with Gasteiger partial charge in [-0.25, -0.2) is 0 Å². The van der Waals surface area contributed by atoms with Gasteiger partial charge in [0.1, 0.15) is 21.8 Å². The van der Waals surface area contributed by atoms with Crippen molar-refractivity contribution in [1.82, 2.24) is 14.4 Å². The first-order valence-electron chi connectivity index (χ1n) is 14.8. The number of pyridine rings is 1. The molecule has 2 aliphatic heterocycles. The fourth-order valence-corrected chi connectivity index (χ4v) is 6.90. The average molecular weight is 592 g/mol. The van der Waals surface area contributed by atoms with Gasteiger partial charge in [0, 0.05) is 51.4 Å². The van der Waals surface area contributed by atoms with Crippen LogP contribution in [0, 0.1) is 18.3 Å². The molecule has 3 heterocycles. The van der Waals surface area contributed by atoms with Crippen LogP contribution in [0.3, 0.4) is 0 Å². The second kappa shape index (κ2) is 14.8. The Labute approximate surface area is 253 Å². The number of hydrogen-bond donors (Lipinski definition) is 0. The second-order valence-electron chi connectivity index (χ2n) is 10.7. The number of nitriles is 1. The zero-order chi connectivity index (χ0) is 29.4. The predicted octanol–water partition coefficient (Wildman–Crippen LogP) is 5.93. The van der Waals surface area contributed by atoms with Gasteiger partial charge in [-0.15, -0.1) is 0 Å². The highest BCUT2D eigenvalue weighted by Gasteiger charge is 2.33. The highest BCUT2D eigenvalue weighted by molar-refractivity contribution is 8.26. The number of piperazine rings is 1. The summed E-state index contributed by atoms with van der Waals surface area (Å²) in [5, 5.41) is 9.89. The average Bonchev–Trinajstić information content (AvgIpc) is 3.24. The van der Waals surface area contributed by atoms with Gasteiger partial charge in [-0.1, -0.05) is 93.3 Å². The Balaban J connectivity index is 1.59. The maximum absolute atomic E-state index is 13.5. The van der Waals surface area contributed by atoms with Crippen LogP contribution in [0.15, 0.2) is 40.0 Å². The molecule has 0 N–H and O–H groups in total. The molecular formula is C32H41N5O2S2. The fourth-order valence-electron chi connectivity index (χ4n) is 5.61. The SMILES string of the molecule is CCCCCCCCN1C(=O)C(=Cc2c(C)c(C#N)c(=O)n(CC)c2N2CCN(Cc3ccccc3)CC2)SC1=S. The first-order chi connectivity index (χ1) is 19.9. The molecule has 41 heavy (non-hydrogen) atoms. The van der Waals surface area contributed by atoms with Gasteiger partial charge in [0.2, 0.25) is 0 Å². The Kier molecular flexibility index (Phi) is 11.2. The van der Waals surface area contributed by atoms with Crippen LogP contribution in [-0.4, -0.2) is 57.3 Å². The summed E-state index contributed by atoms with van der Waals surface area (Å²) in [5.41, 5.74) is 2.52. The highest BCUT2D eigenvalue weighted by Crippen LogP contribution is 2.36. The lowest BCUT2D eigenvalue weighted by atomic mass is 10.0. The summed E-state index contributed by atoms with van der Waals surface area (Å²) in [7, 11) is 0. The number of aromatic nitrogens is 1. The third-order valence-corrected chi connectivity index (χ3v) is 9.35. The van der Waals surface area contributed by atoms with Crippen LogP contribution in [0.1, 0.15) is 74.6 Å². The molecule has 0 unspecified atom stereocenters. The molecule has 218 valence electrons. The molecular weight excluding hydrogens is 551 g/mol. The Bertz CT molecular complexity index is 1370. The van der Waals surface area contributed by atoms with Crippen molar-refractivity contribution in [1.29, 1.82) is 5.26 Å². The van der Waals surface area contributed by atoms with Gasteiger partial charge in [-0.05, 0) is 37.5 Å². The van der Waals surface area contributed by atoms with Crippen molar-refractivity contribution in [2.45, 2.75) is 72.4 Å². The van der Waals surface area contributed by atoms with E-state index in [1.165, 1.54) is 43.0 Å². The van der Waals surface area contributed by atoms with E-state index in [-0.39, 0.29) is 17.0 Å².